The smallest absolute Gasteiger partial charge is 0.255 e. The van der Waals surface area contributed by atoms with Crippen LogP contribution in [-0.4, -0.2) is 24.0 Å². The van der Waals surface area contributed by atoms with E-state index in [0.29, 0.717) is 16.6 Å². The van der Waals surface area contributed by atoms with Gasteiger partial charge in [0, 0.05) is 17.1 Å². The Labute approximate surface area is 143 Å². The number of hydrogen-bond donors (Lipinski definition) is 0. The molecule has 3 rings (SSSR count). The summed E-state index contributed by atoms with van der Waals surface area (Å²) in [6.07, 6.45) is 1.99. The molecule has 0 saturated heterocycles. The molecule has 23 heavy (non-hydrogen) atoms. The van der Waals surface area contributed by atoms with Crippen molar-refractivity contribution >= 4 is 21.8 Å². The fraction of sp³-hybridized carbons (Fsp3) is 0.278. The van der Waals surface area contributed by atoms with Crippen LogP contribution in [0.3, 0.4) is 0 Å². The molecule has 0 atom stereocenters. The minimum Gasteiger partial charge on any atom is -0.497 e. The summed E-state index contributed by atoms with van der Waals surface area (Å²) in [6, 6.07) is 12.1. The summed E-state index contributed by atoms with van der Waals surface area (Å²) < 4.78 is 19.3. The van der Waals surface area contributed by atoms with Gasteiger partial charge in [0.1, 0.15) is 11.6 Å². The Balaban J connectivity index is 1.83. The van der Waals surface area contributed by atoms with Crippen LogP contribution in [0.15, 0.2) is 46.9 Å². The summed E-state index contributed by atoms with van der Waals surface area (Å²) >= 11 is 3.34. The van der Waals surface area contributed by atoms with Crippen LogP contribution in [0.2, 0.25) is 0 Å². The lowest BCUT2D eigenvalue weighted by Crippen LogP contribution is -2.32. The maximum Gasteiger partial charge on any atom is 0.255 e. The molecule has 3 nitrogen and oxygen atoms in total. The number of carbonyl (C=O) groups is 1. The minimum absolute atomic E-state index is 0.144. The van der Waals surface area contributed by atoms with Crippen molar-refractivity contribution in [1.29, 1.82) is 0 Å². The fourth-order valence-electron chi connectivity index (χ4n) is 2.50. The average Bonchev–Trinajstić information content (AvgIpc) is 3.39. The van der Waals surface area contributed by atoms with Gasteiger partial charge in [0.05, 0.1) is 12.7 Å². The maximum atomic E-state index is 13.5. The maximum absolute atomic E-state index is 13.5. The second-order valence-electron chi connectivity index (χ2n) is 5.64. The first-order chi connectivity index (χ1) is 11.1. The zero-order valence-corrected chi connectivity index (χ0v) is 14.3. The first-order valence-electron chi connectivity index (χ1n) is 7.47. The van der Waals surface area contributed by atoms with Crippen LogP contribution in [-0.2, 0) is 6.54 Å². The van der Waals surface area contributed by atoms with Crippen molar-refractivity contribution in [3.8, 4) is 5.75 Å². The number of methoxy groups -OCH3 is 1. The largest absolute Gasteiger partial charge is 0.497 e. The average molecular weight is 378 g/mol. The van der Waals surface area contributed by atoms with E-state index in [0.717, 1.165) is 24.2 Å². The van der Waals surface area contributed by atoms with Gasteiger partial charge in [0.15, 0.2) is 0 Å². The quantitative estimate of drug-likeness (QED) is 0.772. The lowest BCUT2D eigenvalue weighted by molar-refractivity contribution is 0.0728. The predicted octanol–water partition coefficient (Wildman–Crippen LogP) is 4.40. The fourth-order valence-corrected chi connectivity index (χ4v) is 2.91. The van der Waals surface area contributed by atoms with Gasteiger partial charge in [0.25, 0.3) is 5.91 Å². The van der Waals surface area contributed by atoms with Crippen molar-refractivity contribution in [1.82, 2.24) is 4.90 Å². The second-order valence-corrected chi connectivity index (χ2v) is 6.49. The molecule has 2 aromatic rings. The van der Waals surface area contributed by atoms with Crippen LogP contribution >= 0.6 is 15.9 Å². The Morgan fingerprint density at radius 2 is 1.96 bits per heavy atom. The van der Waals surface area contributed by atoms with E-state index in [1.807, 2.05) is 29.2 Å². The molecule has 2 aromatic carbocycles. The standard InChI is InChI=1S/C18H17BrFNO2/c1-23-15-7-2-12(3-8-15)11-21(14-5-6-14)18(22)16-10-13(20)4-9-17(16)19/h2-4,7-10,14H,5-6,11H2,1H3. The molecule has 1 saturated carbocycles. The number of amides is 1. The topological polar surface area (TPSA) is 29.5 Å². The Bertz CT molecular complexity index is 713. The SMILES string of the molecule is COc1ccc(CN(C(=O)c2cc(F)ccc2Br)C2CC2)cc1. The molecule has 0 aliphatic heterocycles. The zero-order valence-electron chi connectivity index (χ0n) is 12.8. The van der Waals surface area contributed by atoms with Crippen LogP contribution in [0.4, 0.5) is 4.39 Å². The summed E-state index contributed by atoms with van der Waals surface area (Å²) in [4.78, 5) is 14.7. The van der Waals surface area contributed by atoms with Gasteiger partial charge < -0.3 is 9.64 Å². The third-order valence-electron chi connectivity index (χ3n) is 3.92. The second kappa shape index (κ2) is 6.71. The number of ether oxygens (including phenoxy) is 1. The lowest BCUT2D eigenvalue weighted by atomic mass is 10.1. The molecule has 120 valence electrons. The third kappa shape index (κ3) is 3.72. The van der Waals surface area contributed by atoms with Gasteiger partial charge >= 0.3 is 0 Å². The van der Waals surface area contributed by atoms with Crippen LogP contribution in [0.5, 0.6) is 5.75 Å². The van der Waals surface area contributed by atoms with E-state index in [4.69, 9.17) is 4.74 Å². The van der Waals surface area contributed by atoms with E-state index in [9.17, 15) is 9.18 Å². The third-order valence-corrected chi connectivity index (χ3v) is 4.61. The van der Waals surface area contributed by atoms with E-state index in [1.165, 1.54) is 12.1 Å². The Morgan fingerprint density at radius 3 is 2.57 bits per heavy atom. The Hall–Kier alpha value is -1.88. The van der Waals surface area contributed by atoms with Crippen LogP contribution in [0.25, 0.3) is 0 Å². The van der Waals surface area contributed by atoms with Crippen molar-refractivity contribution in [3.63, 3.8) is 0 Å². The van der Waals surface area contributed by atoms with Crippen molar-refractivity contribution in [2.24, 2.45) is 0 Å². The van der Waals surface area contributed by atoms with Gasteiger partial charge in [0.2, 0.25) is 0 Å². The van der Waals surface area contributed by atoms with Crippen LogP contribution < -0.4 is 4.74 Å². The van der Waals surface area contributed by atoms with E-state index >= 15 is 0 Å². The van der Waals surface area contributed by atoms with E-state index < -0.39 is 5.82 Å². The van der Waals surface area contributed by atoms with Crippen molar-refractivity contribution in [2.45, 2.75) is 25.4 Å². The van der Waals surface area contributed by atoms with Gasteiger partial charge in [-0.3, -0.25) is 4.79 Å². The number of hydrogen-bond acceptors (Lipinski definition) is 2. The molecule has 0 spiro atoms. The summed E-state index contributed by atoms with van der Waals surface area (Å²) in [6.45, 7) is 0.510. The van der Waals surface area contributed by atoms with Crippen molar-refractivity contribution in [3.05, 3.63) is 63.9 Å². The molecule has 1 amide bonds. The van der Waals surface area contributed by atoms with Gasteiger partial charge in [-0.25, -0.2) is 4.39 Å². The van der Waals surface area contributed by atoms with E-state index in [1.54, 1.807) is 13.2 Å². The summed E-state index contributed by atoms with van der Waals surface area (Å²) in [7, 11) is 1.62. The number of benzene rings is 2. The highest BCUT2D eigenvalue weighted by atomic mass is 79.9. The molecule has 1 fully saturated rings. The van der Waals surface area contributed by atoms with Crippen LogP contribution in [0.1, 0.15) is 28.8 Å². The molecule has 0 unspecified atom stereocenters. The number of carbonyl (C=O) groups excluding carboxylic acids is 1. The predicted molar refractivity (Wildman–Crippen MR) is 90.0 cm³/mol. The number of rotatable bonds is 5. The highest BCUT2D eigenvalue weighted by Crippen LogP contribution is 2.31. The molecule has 0 aromatic heterocycles. The Kier molecular flexibility index (Phi) is 4.66. The molecule has 0 radical (unpaired) electrons. The highest BCUT2D eigenvalue weighted by Gasteiger charge is 2.33. The molecule has 0 N–H and O–H groups in total. The monoisotopic (exact) mass is 377 g/mol. The first kappa shape index (κ1) is 16.0. The van der Waals surface area contributed by atoms with Gasteiger partial charge in [-0.15, -0.1) is 0 Å². The van der Waals surface area contributed by atoms with Crippen molar-refractivity contribution in [2.75, 3.05) is 7.11 Å². The molecule has 0 heterocycles. The Morgan fingerprint density at radius 1 is 1.26 bits per heavy atom. The summed E-state index contributed by atoms with van der Waals surface area (Å²) in [5.41, 5.74) is 1.39. The number of nitrogens with zero attached hydrogens (tertiary/aromatic N) is 1. The molecule has 1 aliphatic rings. The van der Waals surface area contributed by atoms with Crippen LogP contribution in [0, 0.1) is 5.82 Å². The zero-order chi connectivity index (χ0) is 16.4. The molecular formula is C18H17BrFNO2. The summed E-state index contributed by atoms with van der Waals surface area (Å²) in [5, 5.41) is 0. The minimum atomic E-state index is -0.406. The lowest BCUT2D eigenvalue weighted by Gasteiger charge is -2.23. The molecular weight excluding hydrogens is 361 g/mol. The normalized spacial score (nSPS) is 13.7. The van der Waals surface area contributed by atoms with Crippen molar-refractivity contribution < 1.29 is 13.9 Å². The highest BCUT2D eigenvalue weighted by molar-refractivity contribution is 9.10. The number of halogens is 2. The first-order valence-corrected chi connectivity index (χ1v) is 8.26. The van der Waals surface area contributed by atoms with Gasteiger partial charge in [-0.1, -0.05) is 12.1 Å². The molecule has 0 bridgehead atoms. The molecule has 5 heteroatoms. The summed E-state index contributed by atoms with van der Waals surface area (Å²) in [5.74, 6) is 0.234. The van der Waals surface area contributed by atoms with E-state index in [2.05, 4.69) is 15.9 Å². The van der Waals surface area contributed by atoms with Gasteiger partial charge in [-0.2, -0.15) is 0 Å². The molecule has 1 aliphatic carbocycles. The van der Waals surface area contributed by atoms with Gasteiger partial charge in [-0.05, 0) is 64.7 Å². The van der Waals surface area contributed by atoms with E-state index in [-0.39, 0.29) is 11.9 Å².